The van der Waals surface area contributed by atoms with Crippen molar-refractivity contribution >= 4 is 22.8 Å². The Bertz CT molecular complexity index is 895. The number of fused-ring (bicyclic) bond motifs is 1. The Morgan fingerprint density at radius 1 is 1.12 bits per heavy atom. The molecule has 6 heteroatoms. The van der Waals surface area contributed by atoms with Crippen molar-refractivity contribution in [2.45, 2.75) is 6.61 Å². The molecule has 0 N–H and O–H groups in total. The van der Waals surface area contributed by atoms with Gasteiger partial charge in [0.05, 0.1) is 7.11 Å². The maximum absolute atomic E-state index is 12.4. The van der Waals surface area contributed by atoms with Gasteiger partial charge in [-0.1, -0.05) is 30.3 Å². The lowest BCUT2D eigenvalue weighted by Gasteiger charge is -2.10. The van der Waals surface area contributed by atoms with Gasteiger partial charge in [-0.15, -0.1) is 0 Å². The smallest absolute Gasteiger partial charge is 0.387 e. The van der Waals surface area contributed by atoms with Gasteiger partial charge in [0.2, 0.25) is 5.78 Å². The fourth-order valence-corrected chi connectivity index (χ4v) is 2.34. The predicted molar refractivity (Wildman–Crippen MR) is 89.2 cm³/mol. The van der Waals surface area contributed by atoms with Crippen LogP contribution >= 0.6 is 0 Å². The minimum absolute atomic E-state index is 0.101. The number of benzene rings is 2. The second-order valence-corrected chi connectivity index (χ2v) is 5.13. The second-order valence-electron chi connectivity index (χ2n) is 5.13. The topological polar surface area (TPSA) is 48.7 Å². The summed E-state index contributed by atoms with van der Waals surface area (Å²) in [7, 11) is 1.36. The van der Waals surface area contributed by atoms with Crippen LogP contribution in [0.3, 0.4) is 0 Å². The summed E-state index contributed by atoms with van der Waals surface area (Å²) in [6, 6.07) is 13.4. The minimum atomic E-state index is -2.97. The average molecular weight is 344 g/mol. The Kier molecular flexibility index (Phi) is 4.79. The highest BCUT2D eigenvalue weighted by Gasteiger charge is 2.12. The first kappa shape index (κ1) is 16.7. The molecule has 0 saturated heterocycles. The fraction of sp³-hybridized carbons (Fsp3) is 0.105. The second kappa shape index (κ2) is 7.17. The summed E-state index contributed by atoms with van der Waals surface area (Å²) in [5.74, 6) is -0.0461. The molecule has 0 bridgehead atoms. The summed E-state index contributed by atoms with van der Waals surface area (Å²) in [6.45, 7) is -2.97. The lowest BCUT2D eigenvalue weighted by atomic mass is 10.1. The molecule has 0 aliphatic rings. The van der Waals surface area contributed by atoms with E-state index in [2.05, 4.69) is 4.74 Å². The third-order valence-electron chi connectivity index (χ3n) is 3.50. The molecule has 0 amide bonds. The molecule has 0 unspecified atom stereocenters. The molecule has 4 nitrogen and oxygen atoms in total. The number of ketones is 1. The van der Waals surface area contributed by atoms with Gasteiger partial charge in [-0.25, -0.2) is 0 Å². The summed E-state index contributed by atoms with van der Waals surface area (Å²) in [6.07, 6.45) is 2.80. The number of hydrogen-bond donors (Lipinski definition) is 0. The zero-order valence-electron chi connectivity index (χ0n) is 13.2. The summed E-state index contributed by atoms with van der Waals surface area (Å²) < 4.78 is 39.8. The number of methoxy groups -OCH3 is 1. The summed E-state index contributed by atoms with van der Waals surface area (Å²) in [5.41, 5.74) is 1.14. The normalized spacial score (nSPS) is 11.4. The number of carbonyl (C=O) groups excluding carboxylic acids is 1. The molecule has 3 rings (SSSR count). The van der Waals surface area contributed by atoms with Crippen LogP contribution in [0.5, 0.6) is 11.5 Å². The van der Waals surface area contributed by atoms with Crippen molar-refractivity contribution in [3.8, 4) is 11.5 Å². The monoisotopic (exact) mass is 344 g/mol. The van der Waals surface area contributed by atoms with Crippen molar-refractivity contribution < 1.29 is 27.5 Å². The number of allylic oxidation sites excluding steroid dienone is 1. The van der Waals surface area contributed by atoms with Crippen molar-refractivity contribution in [3.05, 3.63) is 65.9 Å². The van der Waals surface area contributed by atoms with Gasteiger partial charge < -0.3 is 13.9 Å². The molecule has 0 spiro atoms. The molecule has 0 radical (unpaired) electrons. The van der Waals surface area contributed by atoms with E-state index in [1.165, 1.54) is 31.4 Å². The highest BCUT2D eigenvalue weighted by molar-refractivity contribution is 6.06. The van der Waals surface area contributed by atoms with E-state index in [1.54, 1.807) is 18.2 Å². The van der Waals surface area contributed by atoms with Gasteiger partial charge >= 0.3 is 6.61 Å². The van der Waals surface area contributed by atoms with E-state index in [9.17, 15) is 13.6 Å². The van der Waals surface area contributed by atoms with Gasteiger partial charge in [-0.05, 0) is 35.9 Å². The molecule has 0 aliphatic carbocycles. The average Bonchev–Trinajstić information content (AvgIpc) is 3.03. The van der Waals surface area contributed by atoms with Crippen LogP contribution in [0, 0.1) is 0 Å². The van der Waals surface area contributed by atoms with E-state index >= 15 is 0 Å². The lowest BCUT2D eigenvalue weighted by Crippen LogP contribution is -2.03. The number of alkyl halides is 2. The van der Waals surface area contributed by atoms with E-state index in [-0.39, 0.29) is 23.0 Å². The van der Waals surface area contributed by atoms with Crippen LogP contribution in [-0.4, -0.2) is 19.5 Å². The quantitative estimate of drug-likeness (QED) is 0.469. The number of furan rings is 1. The van der Waals surface area contributed by atoms with Crippen molar-refractivity contribution in [1.82, 2.24) is 0 Å². The van der Waals surface area contributed by atoms with Crippen molar-refractivity contribution in [1.29, 1.82) is 0 Å². The van der Waals surface area contributed by atoms with Gasteiger partial charge in [0.1, 0.15) is 5.58 Å². The molecule has 3 aromatic rings. The SMILES string of the molecule is COc1ccc(/C=C/C(=O)c2cc3ccccc3o2)cc1OC(F)F. The summed E-state index contributed by atoms with van der Waals surface area (Å²) in [4.78, 5) is 12.2. The number of ether oxygens (including phenoxy) is 2. The summed E-state index contributed by atoms with van der Waals surface area (Å²) >= 11 is 0. The maximum Gasteiger partial charge on any atom is 0.387 e. The van der Waals surface area contributed by atoms with Crippen LogP contribution in [0.15, 0.2) is 59.0 Å². The Morgan fingerprint density at radius 3 is 2.64 bits per heavy atom. The number of hydrogen-bond acceptors (Lipinski definition) is 4. The van der Waals surface area contributed by atoms with Gasteiger partial charge in [-0.3, -0.25) is 4.79 Å². The number of para-hydroxylation sites is 1. The van der Waals surface area contributed by atoms with Crippen LogP contribution in [0.25, 0.3) is 17.0 Å². The van der Waals surface area contributed by atoms with Crippen LogP contribution in [0.1, 0.15) is 16.1 Å². The molecular formula is C19H14F2O4. The minimum Gasteiger partial charge on any atom is -0.493 e. The highest BCUT2D eigenvalue weighted by Crippen LogP contribution is 2.30. The molecule has 2 aromatic carbocycles. The number of halogens is 2. The maximum atomic E-state index is 12.4. The van der Waals surface area contributed by atoms with Crippen LogP contribution in [0.4, 0.5) is 8.78 Å². The Hall–Kier alpha value is -3.15. The van der Waals surface area contributed by atoms with Gasteiger partial charge in [0.15, 0.2) is 17.3 Å². The number of rotatable bonds is 6. The Morgan fingerprint density at radius 2 is 1.92 bits per heavy atom. The Labute approximate surface area is 142 Å². The molecule has 25 heavy (non-hydrogen) atoms. The van der Waals surface area contributed by atoms with Crippen molar-refractivity contribution in [2.75, 3.05) is 7.11 Å². The zero-order chi connectivity index (χ0) is 17.8. The number of carbonyl (C=O) groups is 1. The first-order valence-electron chi connectivity index (χ1n) is 7.40. The largest absolute Gasteiger partial charge is 0.493 e. The predicted octanol–water partition coefficient (Wildman–Crippen LogP) is 4.94. The molecule has 0 atom stereocenters. The van der Waals surface area contributed by atoms with Gasteiger partial charge in [0.25, 0.3) is 0 Å². The summed E-state index contributed by atoms with van der Waals surface area (Å²) in [5, 5.41) is 0.830. The standard InChI is InChI=1S/C19H14F2O4/c1-23-16-9-7-12(10-18(16)25-19(20)21)6-8-14(22)17-11-13-4-2-3-5-15(13)24-17/h2-11,19H,1H3/b8-6+. The van der Waals surface area contributed by atoms with E-state index < -0.39 is 6.61 Å². The third-order valence-corrected chi connectivity index (χ3v) is 3.50. The van der Waals surface area contributed by atoms with Crippen LogP contribution < -0.4 is 9.47 Å². The van der Waals surface area contributed by atoms with E-state index in [0.29, 0.717) is 11.1 Å². The molecule has 128 valence electrons. The van der Waals surface area contributed by atoms with Crippen LogP contribution in [-0.2, 0) is 0 Å². The first-order chi connectivity index (χ1) is 12.1. The third kappa shape index (κ3) is 3.85. The van der Waals surface area contributed by atoms with E-state index in [0.717, 1.165) is 5.39 Å². The zero-order valence-corrected chi connectivity index (χ0v) is 13.2. The molecule has 0 fully saturated rings. The van der Waals surface area contributed by atoms with Crippen LogP contribution in [0.2, 0.25) is 0 Å². The Balaban J connectivity index is 1.82. The van der Waals surface area contributed by atoms with Gasteiger partial charge in [-0.2, -0.15) is 8.78 Å². The molecule has 1 aromatic heterocycles. The van der Waals surface area contributed by atoms with E-state index in [4.69, 9.17) is 9.15 Å². The van der Waals surface area contributed by atoms with E-state index in [1.807, 2.05) is 18.2 Å². The molecule has 1 heterocycles. The molecular weight excluding hydrogens is 330 g/mol. The molecule has 0 saturated carbocycles. The van der Waals surface area contributed by atoms with Gasteiger partial charge in [0, 0.05) is 5.39 Å². The van der Waals surface area contributed by atoms with Crippen molar-refractivity contribution in [2.24, 2.45) is 0 Å². The lowest BCUT2D eigenvalue weighted by molar-refractivity contribution is -0.0512. The fourth-order valence-electron chi connectivity index (χ4n) is 2.34. The van der Waals surface area contributed by atoms with Crippen molar-refractivity contribution in [3.63, 3.8) is 0 Å². The highest BCUT2D eigenvalue weighted by atomic mass is 19.3. The molecule has 0 aliphatic heterocycles. The first-order valence-corrected chi connectivity index (χ1v) is 7.40.